The van der Waals surface area contributed by atoms with Gasteiger partial charge in [0.15, 0.2) is 0 Å². The molecule has 4 nitrogen and oxygen atoms in total. The summed E-state index contributed by atoms with van der Waals surface area (Å²) in [7, 11) is 2.92. The van der Waals surface area contributed by atoms with Crippen molar-refractivity contribution in [3.8, 4) is 22.6 Å². The largest absolute Gasteiger partial charge is 0.495 e. The number of carbonyl (C=O) groups is 1. The van der Waals surface area contributed by atoms with Crippen molar-refractivity contribution >= 4 is 17.6 Å². The third kappa shape index (κ3) is 2.76. The molecule has 0 atom stereocenters. The fraction of sp³-hybridized carbons (Fsp3) is 0.105. The molecule has 0 radical (unpaired) electrons. The first-order valence-corrected chi connectivity index (χ1v) is 7.73. The van der Waals surface area contributed by atoms with Crippen LogP contribution in [0.4, 0.5) is 0 Å². The van der Waals surface area contributed by atoms with Crippen molar-refractivity contribution in [1.82, 2.24) is 4.57 Å². The highest BCUT2D eigenvalue weighted by atomic mass is 35.5. The van der Waals surface area contributed by atoms with Crippen LogP contribution in [-0.4, -0.2) is 24.8 Å². The summed E-state index contributed by atoms with van der Waals surface area (Å²) in [6.07, 6.45) is 1.80. The Balaban J connectivity index is 2.23. The van der Waals surface area contributed by atoms with Crippen LogP contribution < -0.4 is 4.74 Å². The second-order valence-corrected chi connectivity index (χ2v) is 5.48. The molecule has 2 aromatic carbocycles. The quantitative estimate of drug-likeness (QED) is 0.651. The Morgan fingerprint density at radius 1 is 1.00 bits per heavy atom. The first kappa shape index (κ1) is 16.1. The molecule has 0 saturated heterocycles. The first-order chi connectivity index (χ1) is 11.7. The minimum atomic E-state index is -0.433. The lowest BCUT2D eigenvalue weighted by molar-refractivity contribution is 0.0592. The van der Waals surface area contributed by atoms with E-state index in [4.69, 9.17) is 21.1 Å². The number of rotatable bonds is 4. The smallest absolute Gasteiger partial charge is 0.355 e. The van der Waals surface area contributed by atoms with Gasteiger partial charge in [-0.3, -0.25) is 0 Å². The van der Waals surface area contributed by atoms with Gasteiger partial charge in [0.2, 0.25) is 0 Å². The Morgan fingerprint density at radius 3 is 2.42 bits per heavy atom. The van der Waals surface area contributed by atoms with Gasteiger partial charge in [0, 0.05) is 11.8 Å². The number of hydrogen-bond donors (Lipinski definition) is 0. The van der Waals surface area contributed by atoms with E-state index in [9.17, 15) is 4.79 Å². The van der Waals surface area contributed by atoms with E-state index in [0.29, 0.717) is 22.2 Å². The zero-order valence-electron chi connectivity index (χ0n) is 13.3. The molecule has 0 aliphatic rings. The fourth-order valence-electron chi connectivity index (χ4n) is 2.63. The van der Waals surface area contributed by atoms with Crippen LogP contribution in [-0.2, 0) is 4.74 Å². The fourth-order valence-corrected chi connectivity index (χ4v) is 2.93. The number of carbonyl (C=O) groups excluding carboxylic acids is 1. The van der Waals surface area contributed by atoms with E-state index in [1.165, 1.54) is 7.11 Å². The molecule has 0 N–H and O–H groups in total. The van der Waals surface area contributed by atoms with E-state index in [2.05, 4.69) is 0 Å². The summed E-state index contributed by atoms with van der Waals surface area (Å²) in [6, 6.07) is 17.0. The molecule has 0 saturated carbocycles. The molecular weight excluding hydrogens is 326 g/mol. The van der Waals surface area contributed by atoms with Crippen LogP contribution in [0, 0.1) is 0 Å². The molecule has 0 unspecified atom stereocenters. The van der Waals surface area contributed by atoms with E-state index in [0.717, 1.165) is 11.1 Å². The average Bonchev–Trinajstić information content (AvgIpc) is 3.06. The Labute approximate surface area is 145 Å². The van der Waals surface area contributed by atoms with Crippen LogP contribution in [0.1, 0.15) is 10.5 Å². The van der Waals surface area contributed by atoms with E-state index in [1.807, 2.05) is 48.5 Å². The number of aromatic nitrogens is 1. The van der Waals surface area contributed by atoms with Gasteiger partial charge in [-0.15, -0.1) is 0 Å². The highest BCUT2D eigenvalue weighted by Gasteiger charge is 2.21. The number of ether oxygens (including phenoxy) is 2. The van der Waals surface area contributed by atoms with Gasteiger partial charge in [0.05, 0.1) is 19.9 Å². The van der Waals surface area contributed by atoms with Gasteiger partial charge >= 0.3 is 5.97 Å². The van der Waals surface area contributed by atoms with Crippen molar-refractivity contribution in [2.24, 2.45) is 0 Å². The lowest BCUT2D eigenvalue weighted by Gasteiger charge is -2.13. The summed E-state index contributed by atoms with van der Waals surface area (Å²) < 4.78 is 12.0. The van der Waals surface area contributed by atoms with Crippen molar-refractivity contribution in [3.63, 3.8) is 0 Å². The summed E-state index contributed by atoms with van der Waals surface area (Å²) >= 11 is 6.42. The van der Waals surface area contributed by atoms with Crippen LogP contribution in [0.2, 0.25) is 5.02 Å². The zero-order chi connectivity index (χ0) is 17.1. The average molecular weight is 342 g/mol. The van der Waals surface area contributed by atoms with Gasteiger partial charge in [-0.2, -0.15) is 0 Å². The normalized spacial score (nSPS) is 10.5. The first-order valence-electron chi connectivity index (χ1n) is 7.35. The van der Waals surface area contributed by atoms with Crippen molar-refractivity contribution in [3.05, 3.63) is 71.5 Å². The molecular formula is C19H16ClNO3. The Morgan fingerprint density at radius 2 is 1.75 bits per heavy atom. The number of esters is 1. The van der Waals surface area contributed by atoms with Gasteiger partial charge < -0.3 is 14.0 Å². The molecule has 0 aliphatic carbocycles. The van der Waals surface area contributed by atoms with Crippen LogP contribution >= 0.6 is 11.6 Å². The van der Waals surface area contributed by atoms with Gasteiger partial charge in [-0.1, -0.05) is 48.0 Å². The minimum Gasteiger partial charge on any atom is -0.495 e. The monoisotopic (exact) mass is 341 g/mol. The predicted molar refractivity (Wildman–Crippen MR) is 94.1 cm³/mol. The molecule has 3 rings (SSSR count). The zero-order valence-corrected chi connectivity index (χ0v) is 14.1. The molecule has 5 heteroatoms. The second-order valence-electron chi connectivity index (χ2n) is 5.10. The molecule has 1 heterocycles. The van der Waals surface area contributed by atoms with Gasteiger partial charge in [0.1, 0.15) is 16.5 Å². The summed E-state index contributed by atoms with van der Waals surface area (Å²) in [5.41, 5.74) is 2.77. The van der Waals surface area contributed by atoms with Gasteiger partial charge in [-0.25, -0.2) is 4.79 Å². The van der Waals surface area contributed by atoms with Crippen molar-refractivity contribution in [2.75, 3.05) is 14.2 Å². The summed E-state index contributed by atoms with van der Waals surface area (Å²) in [4.78, 5) is 12.4. The number of halogens is 1. The number of benzene rings is 2. The lowest BCUT2D eigenvalue weighted by Crippen LogP contribution is -2.10. The van der Waals surface area contributed by atoms with Crippen molar-refractivity contribution in [1.29, 1.82) is 0 Å². The van der Waals surface area contributed by atoms with Crippen LogP contribution in [0.5, 0.6) is 5.75 Å². The highest BCUT2D eigenvalue weighted by molar-refractivity contribution is 6.34. The molecule has 1 aromatic heterocycles. The van der Waals surface area contributed by atoms with Gasteiger partial charge in [-0.05, 0) is 23.8 Å². The van der Waals surface area contributed by atoms with Crippen LogP contribution in [0.3, 0.4) is 0 Å². The maximum atomic E-state index is 12.4. The molecule has 122 valence electrons. The molecule has 3 aromatic rings. The SMILES string of the molecule is COC(=O)c1c(-c2ccccc2)ccn1-c1cccc(OC)c1Cl. The molecule has 0 fully saturated rings. The molecule has 0 aliphatic heterocycles. The number of hydrogen-bond acceptors (Lipinski definition) is 3. The van der Waals surface area contributed by atoms with Gasteiger partial charge in [0.25, 0.3) is 0 Å². The van der Waals surface area contributed by atoms with E-state index in [-0.39, 0.29) is 0 Å². The van der Waals surface area contributed by atoms with Crippen LogP contribution in [0.15, 0.2) is 60.8 Å². The van der Waals surface area contributed by atoms with Crippen molar-refractivity contribution < 1.29 is 14.3 Å². The molecule has 0 amide bonds. The van der Waals surface area contributed by atoms with E-state index >= 15 is 0 Å². The standard InChI is InChI=1S/C19H16ClNO3/c1-23-16-10-6-9-15(17(16)20)21-12-11-14(18(21)19(22)24-2)13-7-4-3-5-8-13/h3-12H,1-2H3. The van der Waals surface area contributed by atoms with Crippen molar-refractivity contribution in [2.45, 2.75) is 0 Å². The lowest BCUT2D eigenvalue weighted by atomic mass is 10.1. The molecule has 24 heavy (non-hydrogen) atoms. The molecule has 0 bridgehead atoms. The topological polar surface area (TPSA) is 40.5 Å². The summed E-state index contributed by atoms with van der Waals surface area (Å²) in [6.45, 7) is 0. The Kier molecular flexibility index (Phi) is 4.58. The summed E-state index contributed by atoms with van der Waals surface area (Å²) in [5.74, 6) is 0.109. The predicted octanol–water partition coefficient (Wildman–Crippen LogP) is 4.59. The van der Waals surface area contributed by atoms with E-state index in [1.54, 1.807) is 23.9 Å². The highest BCUT2D eigenvalue weighted by Crippen LogP contribution is 2.34. The maximum Gasteiger partial charge on any atom is 0.355 e. The summed E-state index contributed by atoms with van der Waals surface area (Å²) in [5, 5.41) is 0.431. The van der Waals surface area contributed by atoms with Crippen LogP contribution in [0.25, 0.3) is 16.8 Å². The maximum absolute atomic E-state index is 12.4. The van der Waals surface area contributed by atoms with E-state index < -0.39 is 5.97 Å². The third-order valence-corrected chi connectivity index (χ3v) is 4.15. The second kappa shape index (κ2) is 6.81. The Hall–Kier alpha value is -2.72. The molecule has 0 spiro atoms. The number of nitrogens with zero attached hydrogens (tertiary/aromatic N) is 1. The third-order valence-electron chi connectivity index (χ3n) is 3.77. The Bertz CT molecular complexity index is 872. The minimum absolute atomic E-state index is 0.416. The number of methoxy groups -OCH3 is 2.